The number of carbonyl (C=O) groups excluding carboxylic acids is 6. The van der Waals surface area contributed by atoms with Gasteiger partial charge in [-0.15, -0.1) is 11.8 Å². The number of amides is 6. The van der Waals surface area contributed by atoms with Gasteiger partial charge in [-0.25, -0.2) is 14.4 Å². The Bertz CT molecular complexity index is 2610. The number of aromatic nitrogens is 2. The van der Waals surface area contributed by atoms with Crippen molar-refractivity contribution in [2.75, 3.05) is 95.7 Å². The van der Waals surface area contributed by atoms with Gasteiger partial charge in [0.1, 0.15) is 36.4 Å². The van der Waals surface area contributed by atoms with Crippen LogP contribution < -0.4 is 20.7 Å². The van der Waals surface area contributed by atoms with E-state index in [1.807, 2.05) is 11.0 Å². The Hall–Kier alpha value is -6.03. The standard InChI is InChI=1S/C47H51ClFN9O9S/c1-65-38-26-35-32(44(51-28-50-35)52-29-7-8-34(49)33(48)24-29)25-36(38)53-40(59)6-3-13-55-14-11-30(12-15-55)56-16-18-57(19-17-56)42(61)27-67-21-20-66-22-23-68-39-5-2-4-31-43(39)47(64)58(46(31)63)37-9-10-41(60)54-45(37)62/h2-8,24-26,28,30,37H,9-23,27H2,1H3,(H,53,59)(H,50,51,52)(H,54,60,62)/b6-3+. The first kappa shape index (κ1) is 48.4. The molecule has 5 heterocycles. The fourth-order valence-corrected chi connectivity index (χ4v) is 9.85. The zero-order chi connectivity index (χ0) is 47.7. The van der Waals surface area contributed by atoms with Crippen LogP contribution in [0.5, 0.6) is 5.75 Å². The largest absolute Gasteiger partial charge is 0.494 e. The Balaban J connectivity index is 0.694. The summed E-state index contributed by atoms with van der Waals surface area (Å²) in [5.74, 6) is -1.70. The summed E-state index contributed by atoms with van der Waals surface area (Å²) in [7, 11) is 1.51. The first-order valence-corrected chi connectivity index (χ1v) is 23.7. The molecule has 0 saturated carbocycles. The average molecular weight is 972 g/mol. The number of nitrogens with one attached hydrogen (secondary N) is 3. The summed E-state index contributed by atoms with van der Waals surface area (Å²) in [6.07, 6.45) is 6.88. The van der Waals surface area contributed by atoms with E-state index < -0.39 is 35.5 Å². The minimum absolute atomic E-state index is 0.0278. The molecule has 1 atom stereocenters. The molecule has 1 aromatic heterocycles. The molecule has 0 spiro atoms. The molecule has 68 heavy (non-hydrogen) atoms. The number of hydrogen-bond acceptors (Lipinski definition) is 15. The molecule has 3 fully saturated rings. The molecule has 3 N–H and O–H groups in total. The van der Waals surface area contributed by atoms with Gasteiger partial charge >= 0.3 is 0 Å². The van der Waals surface area contributed by atoms with Gasteiger partial charge in [-0.05, 0) is 68.8 Å². The van der Waals surface area contributed by atoms with Gasteiger partial charge in [-0.2, -0.15) is 0 Å². The number of imide groups is 2. The van der Waals surface area contributed by atoms with Crippen LogP contribution in [0, 0.1) is 5.82 Å². The summed E-state index contributed by atoms with van der Waals surface area (Å²) in [5, 5.41) is 8.84. The Morgan fingerprint density at radius 1 is 0.941 bits per heavy atom. The van der Waals surface area contributed by atoms with Crippen LogP contribution in [0.2, 0.25) is 5.02 Å². The fourth-order valence-electron chi connectivity index (χ4n) is 8.73. The normalized spacial score (nSPS) is 18.4. The van der Waals surface area contributed by atoms with E-state index in [4.69, 9.17) is 25.8 Å². The fraction of sp³-hybridized carbons (Fsp3) is 0.404. The summed E-state index contributed by atoms with van der Waals surface area (Å²) < 4.78 is 30.6. The zero-order valence-electron chi connectivity index (χ0n) is 37.3. The third-order valence-corrected chi connectivity index (χ3v) is 13.6. The molecule has 0 bridgehead atoms. The molecular weight excluding hydrogens is 921 g/mol. The van der Waals surface area contributed by atoms with Crippen molar-refractivity contribution < 1.29 is 47.4 Å². The highest BCUT2D eigenvalue weighted by Gasteiger charge is 2.45. The summed E-state index contributed by atoms with van der Waals surface area (Å²) >= 11 is 7.33. The molecule has 3 aromatic carbocycles. The molecule has 4 aromatic rings. The molecule has 4 aliphatic heterocycles. The van der Waals surface area contributed by atoms with Crippen LogP contribution in [0.15, 0.2) is 71.9 Å². The van der Waals surface area contributed by atoms with E-state index in [9.17, 15) is 33.2 Å². The molecule has 1 unspecified atom stereocenters. The lowest BCUT2D eigenvalue weighted by Gasteiger charge is -2.42. The van der Waals surface area contributed by atoms with E-state index in [1.54, 1.807) is 36.4 Å². The van der Waals surface area contributed by atoms with Crippen LogP contribution in [0.4, 0.5) is 21.6 Å². The summed E-state index contributed by atoms with van der Waals surface area (Å²) in [5.41, 5.74) is 2.04. The number of piperazine rings is 1. The number of halogens is 2. The number of rotatable bonds is 18. The van der Waals surface area contributed by atoms with Gasteiger partial charge in [-0.1, -0.05) is 23.7 Å². The van der Waals surface area contributed by atoms with Gasteiger partial charge in [0.15, 0.2) is 0 Å². The number of methoxy groups -OCH3 is 1. The number of ether oxygens (including phenoxy) is 3. The second kappa shape index (κ2) is 22.4. The van der Waals surface area contributed by atoms with E-state index in [0.29, 0.717) is 76.8 Å². The number of likely N-dealkylation sites (tertiary alicyclic amines) is 1. The monoisotopic (exact) mass is 971 g/mol. The Kier molecular flexibility index (Phi) is 15.9. The topological polar surface area (TPSA) is 205 Å². The van der Waals surface area contributed by atoms with Gasteiger partial charge in [0.05, 0.1) is 54.3 Å². The van der Waals surface area contributed by atoms with Gasteiger partial charge < -0.3 is 29.7 Å². The summed E-state index contributed by atoms with van der Waals surface area (Å²) in [6, 6.07) is 12.1. The van der Waals surface area contributed by atoms with Crippen LogP contribution in [0.25, 0.3) is 10.9 Å². The Morgan fingerprint density at radius 3 is 2.50 bits per heavy atom. The number of piperidine rings is 2. The predicted molar refractivity (Wildman–Crippen MR) is 252 cm³/mol. The predicted octanol–water partition coefficient (Wildman–Crippen LogP) is 4.50. The molecule has 6 amide bonds. The molecule has 358 valence electrons. The molecule has 21 heteroatoms. The Labute approximate surface area is 400 Å². The van der Waals surface area contributed by atoms with Crippen molar-refractivity contribution in [2.45, 2.75) is 42.7 Å². The smallest absolute Gasteiger partial charge is 0.263 e. The highest BCUT2D eigenvalue weighted by molar-refractivity contribution is 7.99. The molecule has 0 radical (unpaired) electrons. The molecule has 3 saturated heterocycles. The average Bonchev–Trinajstić information content (AvgIpc) is 3.59. The second-order valence-corrected chi connectivity index (χ2v) is 18.1. The maximum atomic E-state index is 13.7. The molecule has 4 aliphatic rings. The maximum Gasteiger partial charge on any atom is 0.263 e. The molecule has 8 rings (SSSR count). The van der Waals surface area contributed by atoms with Crippen molar-refractivity contribution in [3.05, 3.63) is 89.0 Å². The van der Waals surface area contributed by atoms with Crippen LogP contribution in [-0.4, -0.2) is 162 Å². The SMILES string of the molecule is COc1cc2ncnc(Nc3ccc(F)c(Cl)c3)c2cc1NC(=O)/C=C/CN1CCC(N2CCN(C(=O)COCCOCCSc3cccc4c3C(=O)N(C3CCC(=O)NC3=O)C4=O)CC2)CC1. The van der Waals surface area contributed by atoms with Gasteiger partial charge in [0.2, 0.25) is 23.6 Å². The lowest BCUT2D eigenvalue weighted by Crippen LogP contribution is -2.54. The van der Waals surface area contributed by atoms with Crippen LogP contribution in [-0.2, 0) is 28.7 Å². The number of carbonyl (C=O) groups is 6. The van der Waals surface area contributed by atoms with Crippen molar-refractivity contribution in [1.29, 1.82) is 0 Å². The van der Waals surface area contributed by atoms with Crippen LogP contribution >= 0.6 is 23.4 Å². The highest BCUT2D eigenvalue weighted by Crippen LogP contribution is 2.36. The number of thioether (sulfide) groups is 1. The first-order valence-electron chi connectivity index (χ1n) is 22.4. The minimum Gasteiger partial charge on any atom is -0.494 e. The van der Waals surface area contributed by atoms with Crippen LogP contribution in [0.1, 0.15) is 46.4 Å². The number of nitrogens with zero attached hydrogens (tertiary/aromatic N) is 6. The highest BCUT2D eigenvalue weighted by atomic mass is 35.5. The number of fused-ring (bicyclic) bond motifs is 2. The molecular formula is C47H51ClFN9O9S. The summed E-state index contributed by atoms with van der Waals surface area (Å²) in [6.45, 7) is 6.08. The minimum atomic E-state index is -1.02. The second-order valence-electron chi connectivity index (χ2n) is 16.5. The van der Waals surface area contributed by atoms with Crippen molar-refractivity contribution in [1.82, 2.24) is 34.9 Å². The van der Waals surface area contributed by atoms with E-state index in [0.717, 1.165) is 43.9 Å². The third-order valence-electron chi connectivity index (χ3n) is 12.3. The first-order chi connectivity index (χ1) is 33.0. The van der Waals surface area contributed by atoms with E-state index >= 15 is 0 Å². The van der Waals surface area contributed by atoms with Gasteiger partial charge in [0.25, 0.3) is 11.8 Å². The van der Waals surface area contributed by atoms with Crippen molar-refractivity contribution >= 4 is 86.9 Å². The summed E-state index contributed by atoms with van der Waals surface area (Å²) in [4.78, 5) is 93.2. The van der Waals surface area contributed by atoms with E-state index in [-0.39, 0.29) is 60.6 Å². The van der Waals surface area contributed by atoms with Crippen molar-refractivity contribution in [2.24, 2.45) is 0 Å². The van der Waals surface area contributed by atoms with Gasteiger partial charge in [0, 0.05) is 79.1 Å². The van der Waals surface area contributed by atoms with E-state index in [1.165, 1.54) is 43.4 Å². The molecule has 0 aliphatic carbocycles. The zero-order valence-corrected chi connectivity index (χ0v) is 38.9. The van der Waals surface area contributed by atoms with Crippen LogP contribution in [0.3, 0.4) is 0 Å². The lowest BCUT2D eigenvalue weighted by molar-refractivity contribution is -0.139. The van der Waals surface area contributed by atoms with Crippen molar-refractivity contribution in [3.63, 3.8) is 0 Å². The van der Waals surface area contributed by atoms with E-state index in [2.05, 4.69) is 35.7 Å². The number of anilines is 3. The Morgan fingerprint density at radius 2 is 1.74 bits per heavy atom. The van der Waals surface area contributed by atoms with Gasteiger partial charge in [-0.3, -0.25) is 48.8 Å². The molecule has 18 nitrogen and oxygen atoms in total. The third kappa shape index (κ3) is 11.4. The lowest BCUT2D eigenvalue weighted by atomic mass is 10.0. The van der Waals surface area contributed by atoms with Crippen molar-refractivity contribution in [3.8, 4) is 5.75 Å². The number of benzene rings is 3. The quantitative estimate of drug-likeness (QED) is 0.0544. The maximum absolute atomic E-state index is 13.7. The number of hydrogen-bond donors (Lipinski definition) is 3.